The molecule has 1 aromatic carbocycles. The minimum atomic E-state index is -5.29. The Morgan fingerprint density at radius 3 is 2.12 bits per heavy atom. The second kappa shape index (κ2) is 4.68. The third-order valence-corrected chi connectivity index (χ3v) is 1.41. The van der Waals surface area contributed by atoms with E-state index in [-0.39, 0.29) is 12.1 Å². The van der Waals surface area contributed by atoms with Gasteiger partial charge in [-0.2, -0.15) is 8.78 Å². The van der Waals surface area contributed by atoms with E-state index >= 15 is 0 Å². The highest BCUT2D eigenvalue weighted by Crippen LogP contribution is 2.36. The van der Waals surface area contributed by atoms with Gasteiger partial charge in [-0.3, -0.25) is 0 Å². The van der Waals surface area contributed by atoms with Crippen molar-refractivity contribution < 1.29 is 40.2 Å². The molecule has 17 heavy (non-hydrogen) atoms. The first-order valence-electron chi connectivity index (χ1n) is 3.88. The molecule has 0 bridgehead atoms. The van der Waals surface area contributed by atoms with Gasteiger partial charge in [0.25, 0.3) is 0 Å². The fourth-order valence-corrected chi connectivity index (χ4v) is 0.941. The van der Waals surface area contributed by atoms with Crippen molar-refractivity contribution in [1.82, 2.24) is 0 Å². The number of rotatable bonds is 3. The molecule has 0 saturated heterocycles. The third-order valence-electron chi connectivity index (χ3n) is 1.41. The topological polar surface area (TPSA) is 18.5 Å². The van der Waals surface area contributed by atoms with Crippen molar-refractivity contribution in [1.29, 1.82) is 0 Å². The molecule has 96 valence electrons. The molecule has 0 fully saturated rings. The van der Waals surface area contributed by atoms with E-state index in [2.05, 4.69) is 9.47 Å². The standard InChI is InChI=1S/C8H3F7O2/c9-3-1-4(10)6(16-7(11)12)5(2-3)17-8(13,14)15/h1-2,7H. The molecule has 0 saturated carbocycles. The summed E-state index contributed by atoms with van der Waals surface area (Å²) in [6.07, 6.45) is -5.29. The molecule has 0 aromatic heterocycles. The van der Waals surface area contributed by atoms with E-state index in [1.807, 2.05) is 0 Å². The zero-order valence-corrected chi connectivity index (χ0v) is 7.69. The molecule has 0 aliphatic heterocycles. The van der Waals surface area contributed by atoms with Crippen LogP contribution in [0, 0.1) is 11.6 Å². The van der Waals surface area contributed by atoms with E-state index in [9.17, 15) is 30.7 Å². The van der Waals surface area contributed by atoms with Gasteiger partial charge < -0.3 is 9.47 Å². The quantitative estimate of drug-likeness (QED) is 0.778. The Kier molecular flexibility index (Phi) is 3.69. The highest BCUT2D eigenvalue weighted by Gasteiger charge is 2.34. The third kappa shape index (κ3) is 4.00. The molecule has 1 rings (SSSR count). The van der Waals surface area contributed by atoms with Crippen LogP contribution in [0.3, 0.4) is 0 Å². The molecule has 9 heteroatoms. The highest BCUT2D eigenvalue weighted by molar-refractivity contribution is 5.41. The van der Waals surface area contributed by atoms with Crippen molar-refractivity contribution in [2.24, 2.45) is 0 Å². The number of hydrogen-bond acceptors (Lipinski definition) is 2. The summed E-state index contributed by atoms with van der Waals surface area (Å²) in [5.41, 5.74) is 0. The Labute approximate surface area is 89.5 Å². The summed E-state index contributed by atoms with van der Waals surface area (Å²) in [6, 6.07) is 0.162. The predicted octanol–water partition coefficient (Wildman–Crippen LogP) is 3.46. The predicted molar refractivity (Wildman–Crippen MR) is 39.7 cm³/mol. The minimum Gasteiger partial charge on any atom is -0.428 e. The smallest absolute Gasteiger partial charge is 0.428 e. The first-order valence-corrected chi connectivity index (χ1v) is 3.88. The van der Waals surface area contributed by atoms with Gasteiger partial charge in [0, 0.05) is 12.1 Å². The fraction of sp³-hybridized carbons (Fsp3) is 0.250. The number of hydrogen-bond donors (Lipinski definition) is 0. The lowest BCUT2D eigenvalue weighted by Crippen LogP contribution is -2.19. The van der Waals surface area contributed by atoms with Crippen LogP contribution in [0.15, 0.2) is 12.1 Å². The van der Waals surface area contributed by atoms with Crippen LogP contribution in [-0.4, -0.2) is 13.0 Å². The Morgan fingerprint density at radius 1 is 1.06 bits per heavy atom. The van der Waals surface area contributed by atoms with Crippen LogP contribution >= 0.6 is 0 Å². The van der Waals surface area contributed by atoms with Crippen molar-refractivity contribution in [2.45, 2.75) is 13.0 Å². The van der Waals surface area contributed by atoms with Gasteiger partial charge in [0.05, 0.1) is 0 Å². The molecule has 0 unspecified atom stereocenters. The van der Waals surface area contributed by atoms with Crippen LogP contribution in [0.25, 0.3) is 0 Å². The molecule has 0 aliphatic carbocycles. The van der Waals surface area contributed by atoms with Crippen molar-refractivity contribution in [2.75, 3.05) is 0 Å². The lowest BCUT2D eigenvalue weighted by Gasteiger charge is -2.14. The van der Waals surface area contributed by atoms with E-state index in [0.717, 1.165) is 0 Å². The number of benzene rings is 1. The molecular formula is C8H3F7O2. The summed E-state index contributed by atoms with van der Waals surface area (Å²) < 4.78 is 91.2. The first kappa shape index (κ1) is 13.4. The van der Waals surface area contributed by atoms with Gasteiger partial charge in [-0.25, -0.2) is 8.78 Å². The number of ether oxygens (including phenoxy) is 2. The van der Waals surface area contributed by atoms with Gasteiger partial charge in [-0.1, -0.05) is 0 Å². The van der Waals surface area contributed by atoms with Crippen LogP contribution in [0.1, 0.15) is 0 Å². The molecular weight excluding hydrogens is 261 g/mol. The van der Waals surface area contributed by atoms with Crippen molar-refractivity contribution in [3.8, 4) is 11.5 Å². The summed E-state index contributed by atoms with van der Waals surface area (Å²) in [7, 11) is 0. The van der Waals surface area contributed by atoms with Gasteiger partial charge in [0.15, 0.2) is 11.6 Å². The zero-order valence-electron chi connectivity index (χ0n) is 7.69. The highest BCUT2D eigenvalue weighted by atomic mass is 19.4. The molecule has 0 atom stereocenters. The van der Waals surface area contributed by atoms with Crippen LogP contribution < -0.4 is 9.47 Å². The average Bonchev–Trinajstić information content (AvgIpc) is 2.07. The van der Waals surface area contributed by atoms with E-state index in [1.165, 1.54) is 0 Å². The normalized spacial score (nSPS) is 11.8. The van der Waals surface area contributed by atoms with Crippen LogP contribution in [0.5, 0.6) is 11.5 Å². The van der Waals surface area contributed by atoms with Crippen molar-refractivity contribution in [3.63, 3.8) is 0 Å². The zero-order chi connectivity index (χ0) is 13.2. The lowest BCUT2D eigenvalue weighted by molar-refractivity contribution is -0.275. The Hall–Kier alpha value is -1.67. The lowest BCUT2D eigenvalue weighted by atomic mass is 10.3. The molecule has 1 aromatic rings. The van der Waals surface area contributed by atoms with Gasteiger partial charge in [-0.15, -0.1) is 13.2 Å². The number of halogens is 7. The van der Waals surface area contributed by atoms with E-state index in [0.29, 0.717) is 0 Å². The SMILES string of the molecule is Fc1cc(F)c(OC(F)F)c(OC(F)(F)F)c1. The molecule has 0 aliphatic rings. The minimum absolute atomic E-state index is 0.0777. The van der Waals surface area contributed by atoms with E-state index in [4.69, 9.17) is 0 Å². The van der Waals surface area contributed by atoms with Crippen molar-refractivity contribution in [3.05, 3.63) is 23.8 Å². The molecule has 0 N–H and O–H groups in total. The van der Waals surface area contributed by atoms with Gasteiger partial charge in [-0.05, 0) is 0 Å². The van der Waals surface area contributed by atoms with Crippen LogP contribution in [0.2, 0.25) is 0 Å². The first-order chi connectivity index (χ1) is 7.69. The maximum absolute atomic E-state index is 12.9. The van der Waals surface area contributed by atoms with Gasteiger partial charge in [0.1, 0.15) is 5.82 Å². The molecule has 0 radical (unpaired) electrons. The average molecular weight is 264 g/mol. The molecule has 2 nitrogen and oxygen atoms in total. The summed E-state index contributed by atoms with van der Waals surface area (Å²) >= 11 is 0. The molecule has 0 spiro atoms. The summed E-state index contributed by atoms with van der Waals surface area (Å²) in [6.45, 7) is -3.58. The maximum atomic E-state index is 12.9. The second-order valence-corrected chi connectivity index (χ2v) is 2.64. The molecule has 0 amide bonds. The summed E-state index contributed by atoms with van der Waals surface area (Å²) in [5.74, 6) is -6.19. The van der Waals surface area contributed by atoms with Crippen molar-refractivity contribution >= 4 is 0 Å². The summed E-state index contributed by atoms with van der Waals surface area (Å²) in [4.78, 5) is 0. The van der Waals surface area contributed by atoms with E-state index < -0.39 is 36.1 Å². The Balaban J connectivity index is 3.15. The van der Waals surface area contributed by atoms with Gasteiger partial charge in [0.2, 0.25) is 5.75 Å². The Bertz CT molecular complexity index is 402. The second-order valence-electron chi connectivity index (χ2n) is 2.64. The largest absolute Gasteiger partial charge is 0.573 e. The van der Waals surface area contributed by atoms with E-state index in [1.54, 1.807) is 0 Å². The maximum Gasteiger partial charge on any atom is 0.573 e. The van der Waals surface area contributed by atoms with Gasteiger partial charge >= 0.3 is 13.0 Å². The Morgan fingerprint density at radius 2 is 1.65 bits per heavy atom. The number of alkyl halides is 5. The van der Waals surface area contributed by atoms with Crippen LogP contribution in [-0.2, 0) is 0 Å². The summed E-state index contributed by atoms with van der Waals surface area (Å²) in [5, 5.41) is 0. The molecule has 0 heterocycles. The van der Waals surface area contributed by atoms with Crippen LogP contribution in [0.4, 0.5) is 30.7 Å². The fourth-order valence-electron chi connectivity index (χ4n) is 0.941. The monoisotopic (exact) mass is 264 g/mol.